The highest BCUT2D eigenvalue weighted by atomic mass is 79.9. The average molecular weight is 544 g/mol. The number of ether oxygens (including phenoxy) is 1. The Morgan fingerprint density at radius 2 is 1.69 bits per heavy atom. The monoisotopic (exact) mass is 543 g/mol. The predicted octanol–water partition coefficient (Wildman–Crippen LogP) is 6.59. The van der Waals surface area contributed by atoms with Crippen molar-refractivity contribution in [2.45, 2.75) is 20.3 Å². The number of carbonyl (C=O) groups is 1. The van der Waals surface area contributed by atoms with Crippen LogP contribution in [0.15, 0.2) is 77.3 Å². The van der Waals surface area contributed by atoms with E-state index in [4.69, 9.17) is 9.72 Å². The Morgan fingerprint density at radius 1 is 0.944 bits per heavy atom. The van der Waals surface area contributed by atoms with Gasteiger partial charge in [-0.25, -0.2) is 4.98 Å². The summed E-state index contributed by atoms with van der Waals surface area (Å²) in [6, 6.07) is 24.5. The minimum Gasteiger partial charge on any atom is -0.492 e. The first-order valence-electron chi connectivity index (χ1n) is 12.5. The molecular weight excluding hydrogens is 514 g/mol. The zero-order chi connectivity index (χ0) is 25.1. The van der Waals surface area contributed by atoms with Crippen LogP contribution in [-0.4, -0.2) is 48.6 Å². The lowest BCUT2D eigenvalue weighted by atomic mass is 10.0. The first kappa shape index (κ1) is 24.3. The van der Waals surface area contributed by atoms with Crippen LogP contribution in [0.3, 0.4) is 0 Å². The molecule has 0 atom stereocenters. The summed E-state index contributed by atoms with van der Waals surface area (Å²) in [5.41, 5.74) is 5.72. The van der Waals surface area contributed by atoms with Crippen LogP contribution in [0.4, 0.5) is 5.69 Å². The van der Waals surface area contributed by atoms with Crippen molar-refractivity contribution in [1.82, 2.24) is 9.88 Å². The van der Waals surface area contributed by atoms with Gasteiger partial charge in [-0.2, -0.15) is 0 Å². The molecule has 5 rings (SSSR count). The molecule has 184 valence electrons. The molecule has 5 nitrogen and oxygen atoms in total. The van der Waals surface area contributed by atoms with Gasteiger partial charge in [0, 0.05) is 41.6 Å². The SMILES string of the molecule is CCOc1ccccc1N1CCN(C(=O)c2cc(-c3ccc(CC)cc3)nc3ccc(Br)cc23)CC1. The summed E-state index contributed by atoms with van der Waals surface area (Å²) in [7, 11) is 0. The molecule has 4 aromatic rings. The van der Waals surface area contributed by atoms with Gasteiger partial charge in [0.15, 0.2) is 0 Å². The maximum absolute atomic E-state index is 13.9. The average Bonchev–Trinajstić information content (AvgIpc) is 2.93. The molecule has 6 heteroatoms. The fourth-order valence-electron chi connectivity index (χ4n) is 4.75. The molecule has 36 heavy (non-hydrogen) atoms. The molecule has 1 aliphatic rings. The fraction of sp³-hybridized carbons (Fsp3) is 0.267. The molecule has 1 fully saturated rings. The number of nitrogens with zero attached hydrogens (tertiary/aromatic N) is 3. The molecule has 0 saturated carbocycles. The maximum Gasteiger partial charge on any atom is 0.254 e. The van der Waals surface area contributed by atoms with Crippen molar-refractivity contribution >= 4 is 38.4 Å². The van der Waals surface area contributed by atoms with E-state index in [0.29, 0.717) is 25.3 Å². The van der Waals surface area contributed by atoms with E-state index >= 15 is 0 Å². The highest BCUT2D eigenvalue weighted by Crippen LogP contribution is 2.31. The molecule has 0 N–H and O–H groups in total. The second-order valence-corrected chi connectivity index (χ2v) is 9.86. The number of carbonyl (C=O) groups excluding carboxylic acids is 1. The lowest BCUT2D eigenvalue weighted by molar-refractivity contribution is 0.0748. The van der Waals surface area contributed by atoms with Crippen molar-refractivity contribution < 1.29 is 9.53 Å². The number of aromatic nitrogens is 1. The molecule has 0 radical (unpaired) electrons. The van der Waals surface area contributed by atoms with Gasteiger partial charge >= 0.3 is 0 Å². The van der Waals surface area contributed by atoms with Gasteiger partial charge in [0.05, 0.1) is 29.1 Å². The number of rotatable bonds is 6. The van der Waals surface area contributed by atoms with Crippen LogP contribution in [0.25, 0.3) is 22.2 Å². The number of halogens is 1. The molecule has 1 saturated heterocycles. The predicted molar refractivity (Wildman–Crippen MR) is 150 cm³/mol. The van der Waals surface area contributed by atoms with Gasteiger partial charge in [-0.3, -0.25) is 4.79 Å². The van der Waals surface area contributed by atoms with Crippen molar-refractivity contribution in [3.8, 4) is 17.0 Å². The van der Waals surface area contributed by atoms with E-state index in [9.17, 15) is 4.79 Å². The Morgan fingerprint density at radius 3 is 2.42 bits per heavy atom. The highest BCUT2D eigenvalue weighted by molar-refractivity contribution is 9.10. The number of fused-ring (bicyclic) bond motifs is 1. The molecule has 0 spiro atoms. The summed E-state index contributed by atoms with van der Waals surface area (Å²) >= 11 is 3.57. The molecular formula is C30H30BrN3O2. The third kappa shape index (κ3) is 4.96. The maximum atomic E-state index is 13.9. The Balaban J connectivity index is 1.43. The van der Waals surface area contributed by atoms with Crippen LogP contribution < -0.4 is 9.64 Å². The lowest BCUT2D eigenvalue weighted by Gasteiger charge is -2.37. The number of benzene rings is 3. The van der Waals surface area contributed by atoms with E-state index in [1.165, 1.54) is 5.56 Å². The van der Waals surface area contributed by atoms with Crippen LogP contribution in [0.5, 0.6) is 5.75 Å². The van der Waals surface area contributed by atoms with Gasteiger partial charge in [-0.1, -0.05) is 59.3 Å². The van der Waals surface area contributed by atoms with Crippen molar-refractivity contribution in [3.05, 3.63) is 88.4 Å². The van der Waals surface area contributed by atoms with Crippen molar-refractivity contribution in [2.24, 2.45) is 0 Å². The minimum atomic E-state index is 0.0460. The van der Waals surface area contributed by atoms with E-state index in [1.54, 1.807) is 0 Å². The number of amides is 1. The largest absolute Gasteiger partial charge is 0.492 e. The summed E-state index contributed by atoms with van der Waals surface area (Å²) in [4.78, 5) is 23.0. The highest BCUT2D eigenvalue weighted by Gasteiger charge is 2.25. The van der Waals surface area contributed by atoms with Crippen molar-refractivity contribution in [2.75, 3.05) is 37.7 Å². The molecule has 1 aliphatic heterocycles. The van der Waals surface area contributed by atoms with Crippen LogP contribution in [0, 0.1) is 0 Å². The van der Waals surface area contributed by atoms with Gasteiger partial charge in [-0.05, 0) is 55.3 Å². The summed E-state index contributed by atoms with van der Waals surface area (Å²) < 4.78 is 6.76. The number of hydrogen-bond donors (Lipinski definition) is 0. The summed E-state index contributed by atoms with van der Waals surface area (Å²) in [6.45, 7) is 7.59. The van der Waals surface area contributed by atoms with E-state index in [2.05, 4.69) is 58.1 Å². The van der Waals surface area contributed by atoms with Gasteiger partial charge in [0.1, 0.15) is 5.75 Å². The van der Waals surface area contributed by atoms with Gasteiger partial charge in [0.2, 0.25) is 0 Å². The molecule has 3 aromatic carbocycles. The van der Waals surface area contributed by atoms with Crippen molar-refractivity contribution in [1.29, 1.82) is 0 Å². The molecule has 1 aromatic heterocycles. The lowest BCUT2D eigenvalue weighted by Crippen LogP contribution is -2.49. The van der Waals surface area contributed by atoms with Crippen LogP contribution >= 0.6 is 15.9 Å². The number of anilines is 1. The Hall–Kier alpha value is -3.38. The summed E-state index contributed by atoms with van der Waals surface area (Å²) in [6.07, 6.45) is 0.990. The van der Waals surface area contributed by atoms with Crippen LogP contribution in [0.2, 0.25) is 0 Å². The fourth-order valence-corrected chi connectivity index (χ4v) is 5.11. The first-order chi connectivity index (χ1) is 17.6. The Kier molecular flexibility index (Phi) is 7.23. The number of pyridine rings is 1. The zero-order valence-electron chi connectivity index (χ0n) is 20.7. The standard InChI is InChI=1S/C30H30BrN3O2/c1-3-21-9-11-22(12-10-21)27-20-25(24-19-23(31)13-14-26(24)32-27)30(35)34-17-15-33(16-18-34)28-7-5-6-8-29(28)36-4-2/h5-14,19-20H,3-4,15-18H2,1-2H3. The smallest absolute Gasteiger partial charge is 0.254 e. The zero-order valence-corrected chi connectivity index (χ0v) is 22.3. The normalized spacial score (nSPS) is 13.8. The third-order valence-corrected chi connectivity index (χ3v) is 7.23. The first-order valence-corrected chi connectivity index (χ1v) is 13.3. The Labute approximate surface area is 220 Å². The number of aryl methyl sites for hydroxylation is 1. The Bertz CT molecular complexity index is 1380. The topological polar surface area (TPSA) is 45.7 Å². The van der Waals surface area contributed by atoms with Gasteiger partial charge in [-0.15, -0.1) is 0 Å². The molecule has 0 aliphatic carbocycles. The van der Waals surface area contributed by atoms with Crippen molar-refractivity contribution in [3.63, 3.8) is 0 Å². The molecule has 0 bridgehead atoms. The number of para-hydroxylation sites is 2. The molecule has 1 amide bonds. The van der Waals surface area contributed by atoms with E-state index in [-0.39, 0.29) is 5.91 Å². The van der Waals surface area contributed by atoms with Crippen LogP contribution in [0.1, 0.15) is 29.8 Å². The second-order valence-electron chi connectivity index (χ2n) is 8.95. The van der Waals surface area contributed by atoms with E-state index < -0.39 is 0 Å². The number of hydrogen-bond acceptors (Lipinski definition) is 4. The molecule has 0 unspecified atom stereocenters. The minimum absolute atomic E-state index is 0.0460. The second kappa shape index (κ2) is 10.7. The quantitative estimate of drug-likeness (QED) is 0.275. The van der Waals surface area contributed by atoms with Crippen LogP contribution in [-0.2, 0) is 6.42 Å². The van der Waals surface area contributed by atoms with E-state index in [1.807, 2.05) is 54.3 Å². The van der Waals surface area contributed by atoms with Gasteiger partial charge < -0.3 is 14.5 Å². The van der Waals surface area contributed by atoms with E-state index in [0.717, 1.165) is 57.6 Å². The third-order valence-electron chi connectivity index (χ3n) is 6.73. The molecule has 2 heterocycles. The summed E-state index contributed by atoms with van der Waals surface area (Å²) in [5, 5.41) is 0.868. The summed E-state index contributed by atoms with van der Waals surface area (Å²) in [5.74, 6) is 0.938. The number of piperazine rings is 1. The van der Waals surface area contributed by atoms with Gasteiger partial charge in [0.25, 0.3) is 5.91 Å².